The van der Waals surface area contributed by atoms with Crippen LogP contribution in [0.2, 0.25) is 0 Å². The van der Waals surface area contributed by atoms with Gasteiger partial charge in [0.25, 0.3) is 0 Å². The zero-order chi connectivity index (χ0) is 14.7. The first-order chi connectivity index (χ1) is 10.3. The van der Waals surface area contributed by atoms with Crippen LogP contribution in [0.4, 0.5) is 5.82 Å². The fourth-order valence-electron chi connectivity index (χ4n) is 2.71. The molecule has 1 aliphatic rings. The highest BCUT2D eigenvalue weighted by atomic mass is 32.1. The van der Waals surface area contributed by atoms with Crippen molar-refractivity contribution in [2.24, 2.45) is 0 Å². The number of fused-ring (bicyclic) bond motifs is 1. The second-order valence-electron chi connectivity index (χ2n) is 5.34. The van der Waals surface area contributed by atoms with E-state index in [-0.39, 0.29) is 0 Å². The van der Waals surface area contributed by atoms with Gasteiger partial charge >= 0.3 is 0 Å². The Kier molecular flexibility index (Phi) is 4.45. The van der Waals surface area contributed by atoms with Crippen molar-refractivity contribution in [3.63, 3.8) is 0 Å². The SMILES string of the molecule is CCN(C)c1ncnc2c1CCN(Cc1nccs1)CC2. The Morgan fingerprint density at radius 2 is 2.10 bits per heavy atom. The van der Waals surface area contributed by atoms with E-state index in [1.165, 1.54) is 16.3 Å². The molecule has 2 aromatic heterocycles. The summed E-state index contributed by atoms with van der Waals surface area (Å²) < 4.78 is 0. The van der Waals surface area contributed by atoms with Crippen molar-refractivity contribution in [3.05, 3.63) is 34.2 Å². The predicted molar refractivity (Wildman–Crippen MR) is 85.8 cm³/mol. The molecule has 0 saturated carbocycles. The van der Waals surface area contributed by atoms with Crippen molar-refractivity contribution in [1.82, 2.24) is 19.9 Å². The highest BCUT2D eigenvalue weighted by Crippen LogP contribution is 2.23. The molecular weight excluding hydrogens is 282 g/mol. The minimum atomic E-state index is 0.942. The molecule has 0 amide bonds. The standard InChI is InChI=1S/C15H21N5S/c1-3-19(2)15-12-4-7-20(10-14-16-6-9-21-14)8-5-13(12)17-11-18-15/h6,9,11H,3-5,7-8,10H2,1-2H3. The summed E-state index contributed by atoms with van der Waals surface area (Å²) in [6, 6.07) is 0. The van der Waals surface area contributed by atoms with Crippen LogP contribution in [-0.2, 0) is 19.4 Å². The number of nitrogens with zero attached hydrogens (tertiary/aromatic N) is 5. The van der Waals surface area contributed by atoms with E-state index in [1.807, 2.05) is 11.6 Å². The number of thiazole rings is 1. The second kappa shape index (κ2) is 6.49. The highest BCUT2D eigenvalue weighted by molar-refractivity contribution is 7.09. The summed E-state index contributed by atoms with van der Waals surface area (Å²) in [5.41, 5.74) is 2.53. The lowest BCUT2D eigenvalue weighted by molar-refractivity contribution is 0.278. The molecule has 3 heterocycles. The zero-order valence-electron chi connectivity index (χ0n) is 12.6. The lowest BCUT2D eigenvalue weighted by Gasteiger charge is -2.20. The maximum atomic E-state index is 4.51. The first kappa shape index (κ1) is 14.4. The van der Waals surface area contributed by atoms with Gasteiger partial charge in [-0.2, -0.15) is 0 Å². The van der Waals surface area contributed by atoms with Gasteiger partial charge in [-0.15, -0.1) is 11.3 Å². The van der Waals surface area contributed by atoms with Crippen molar-refractivity contribution < 1.29 is 0 Å². The molecule has 112 valence electrons. The number of aromatic nitrogens is 3. The van der Waals surface area contributed by atoms with Crippen LogP contribution in [-0.4, -0.2) is 46.5 Å². The Labute approximate surface area is 129 Å². The molecule has 0 aromatic carbocycles. The number of anilines is 1. The number of rotatable bonds is 4. The van der Waals surface area contributed by atoms with Gasteiger partial charge < -0.3 is 4.90 Å². The summed E-state index contributed by atoms with van der Waals surface area (Å²) in [5, 5.41) is 3.24. The van der Waals surface area contributed by atoms with E-state index in [1.54, 1.807) is 17.7 Å². The molecule has 2 aromatic rings. The molecule has 1 aliphatic heterocycles. The van der Waals surface area contributed by atoms with Gasteiger partial charge in [0.05, 0.1) is 12.2 Å². The topological polar surface area (TPSA) is 45.2 Å². The van der Waals surface area contributed by atoms with Gasteiger partial charge in [-0.1, -0.05) is 0 Å². The van der Waals surface area contributed by atoms with Gasteiger partial charge in [-0.3, -0.25) is 4.90 Å². The maximum absolute atomic E-state index is 4.51. The average Bonchev–Trinajstić information content (AvgIpc) is 2.93. The summed E-state index contributed by atoms with van der Waals surface area (Å²) in [5.74, 6) is 1.10. The van der Waals surface area contributed by atoms with Crippen LogP contribution in [0, 0.1) is 0 Å². The minimum Gasteiger partial charge on any atom is -0.360 e. The molecule has 0 spiro atoms. The van der Waals surface area contributed by atoms with E-state index in [2.05, 4.69) is 38.7 Å². The van der Waals surface area contributed by atoms with E-state index in [0.29, 0.717) is 0 Å². The third-order valence-corrected chi connectivity index (χ3v) is 4.80. The second-order valence-corrected chi connectivity index (χ2v) is 6.32. The van der Waals surface area contributed by atoms with E-state index < -0.39 is 0 Å². The Bertz CT molecular complexity index is 584. The zero-order valence-corrected chi connectivity index (χ0v) is 13.4. The quantitative estimate of drug-likeness (QED) is 0.864. The Balaban J connectivity index is 1.76. The van der Waals surface area contributed by atoms with Gasteiger partial charge in [-0.05, 0) is 13.3 Å². The lowest BCUT2D eigenvalue weighted by atomic mass is 10.1. The monoisotopic (exact) mass is 303 g/mol. The van der Waals surface area contributed by atoms with E-state index >= 15 is 0 Å². The van der Waals surface area contributed by atoms with Gasteiger partial charge in [-0.25, -0.2) is 15.0 Å². The molecule has 0 N–H and O–H groups in total. The van der Waals surface area contributed by atoms with Crippen LogP contribution in [0.1, 0.15) is 23.2 Å². The molecule has 6 heteroatoms. The van der Waals surface area contributed by atoms with Gasteiger partial charge in [0.1, 0.15) is 17.2 Å². The summed E-state index contributed by atoms with van der Waals surface area (Å²) in [7, 11) is 2.10. The fraction of sp³-hybridized carbons (Fsp3) is 0.533. The first-order valence-corrected chi connectivity index (χ1v) is 8.30. The van der Waals surface area contributed by atoms with Crippen LogP contribution < -0.4 is 4.90 Å². The molecule has 3 rings (SSSR count). The minimum absolute atomic E-state index is 0.942. The molecule has 0 saturated heterocycles. The van der Waals surface area contributed by atoms with Crippen LogP contribution >= 0.6 is 11.3 Å². The summed E-state index contributed by atoms with van der Waals surface area (Å²) in [6.07, 6.45) is 5.60. The molecule has 21 heavy (non-hydrogen) atoms. The normalized spacial score (nSPS) is 15.5. The van der Waals surface area contributed by atoms with Crippen molar-refractivity contribution in [2.75, 3.05) is 31.6 Å². The Morgan fingerprint density at radius 1 is 1.24 bits per heavy atom. The maximum Gasteiger partial charge on any atom is 0.135 e. The van der Waals surface area contributed by atoms with E-state index in [4.69, 9.17) is 0 Å². The average molecular weight is 303 g/mol. The van der Waals surface area contributed by atoms with Gasteiger partial charge in [0, 0.05) is 50.2 Å². The molecular formula is C15H21N5S. The smallest absolute Gasteiger partial charge is 0.135 e. The lowest BCUT2D eigenvalue weighted by Crippen LogP contribution is -2.26. The molecule has 5 nitrogen and oxygen atoms in total. The summed E-state index contributed by atoms with van der Waals surface area (Å²) in [4.78, 5) is 18.1. The Morgan fingerprint density at radius 3 is 2.86 bits per heavy atom. The molecule has 0 unspecified atom stereocenters. The number of hydrogen-bond acceptors (Lipinski definition) is 6. The van der Waals surface area contributed by atoms with Crippen LogP contribution in [0.3, 0.4) is 0 Å². The van der Waals surface area contributed by atoms with Gasteiger partial charge in [0.2, 0.25) is 0 Å². The third kappa shape index (κ3) is 3.22. The molecule has 0 bridgehead atoms. The third-order valence-electron chi connectivity index (χ3n) is 4.03. The van der Waals surface area contributed by atoms with Crippen molar-refractivity contribution >= 4 is 17.2 Å². The van der Waals surface area contributed by atoms with Crippen molar-refractivity contribution in [1.29, 1.82) is 0 Å². The van der Waals surface area contributed by atoms with Crippen LogP contribution in [0.15, 0.2) is 17.9 Å². The van der Waals surface area contributed by atoms with E-state index in [9.17, 15) is 0 Å². The van der Waals surface area contributed by atoms with Crippen LogP contribution in [0.5, 0.6) is 0 Å². The van der Waals surface area contributed by atoms with E-state index in [0.717, 1.165) is 44.8 Å². The Hall–Kier alpha value is -1.53. The molecule has 0 aliphatic carbocycles. The largest absolute Gasteiger partial charge is 0.360 e. The highest BCUT2D eigenvalue weighted by Gasteiger charge is 2.20. The molecule has 0 fully saturated rings. The van der Waals surface area contributed by atoms with Crippen molar-refractivity contribution in [2.45, 2.75) is 26.3 Å². The van der Waals surface area contributed by atoms with Crippen LogP contribution in [0.25, 0.3) is 0 Å². The first-order valence-electron chi connectivity index (χ1n) is 7.42. The predicted octanol–water partition coefficient (Wildman–Crippen LogP) is 1.99. The molecule has 0 radical (unpaired) electrons. The fourth-order valence-corrected chi connectivity index (χ4v) is 3.37. The number of hydrogen-bond donors (Lipinski definition) is 0. The van der Waals surface area contributed by atoms with Crippen molar-refractivity contribution in [3.8, 4) is 0 Å². The van der Waals surface area contributed by atoms with Gasteiger partial charge in [0.15, 0.2) is 0 Å². The summed E-state index contributed by atoms with van der Waals surface area (Å²) >= 11 is 1.73. The molecule has 0 atom stereocenters. The summed E-state index contributed by atoms with van der Waals surface area (Å²) in [6.45, 7) is 6.15.